The van der Waals surface area contributed by atoms with Crippen molar-refractivity contribution in [1.82, 2.24) is 4.90 Å². The number of nitrogens with zero attached hydrogens (tertiary/aromatic N) is 1. The minimum Gasteiger partial charge on any atom is -0.496 e. The Morgan fingerprint density at radius 2 is 0.947 bits per heavy atom. The summed E-state index contributed by atoms with van der Waals surface area (Å²) in [6.45, 7) is 0.501. The van der Waals surface area contributed by atoms with Gasteiger partial charge in [0.2, 0.25) is 0 Å². The molecule has 3 aromatic rings. The van der Waals surface area contributed by atoms with E-state index in [4.69, 9.17) is 28.4 Å². The molecule has 0 saturated carbocycles. The summed E-state index contributed by atoms with van der Waals surface area (Å²) in [7, 11) is 5.72. The summed E-state index contributed by atoms with van der Waals surface area (Å²) in [5.74, 6) is 3.01. The third-order valence-electron chi connectivity index (χ3n) is 5.81. The lowest BCUT2D eigenvalue weighted by Crippen LogP contribution is -2.28. The van der Waals surface area contributed by atoms with Crippen LogP contribution in [0.1, 0.15) is 5.56 Å². The van der Waals surface area contributed by atoms with Gasteiger partial charge in [-0.25, -0.2) is 0 Å². The average Bonchev–Trinajstić information content (AvgIpc) is 2.95. The van der Waals surface area contributed by atoms with Gasteiger partial charge in [-0.15, -0.1) is 0 Å². The van der Waals surface area contributed by atoms with Gasteiger partial charge in [-0.3, -0.25) is 4.90 Å². The van der Waals surface area contributed by atoms with Gasteiger partial charge >= 0.3 is 0 Å². The highest BCUT2D eigenvalue weighted by Crippen LogP contribution is 2.45. The van der Waals surface area contributed by atoms with E-state index in [9.17, 15) is 9.79 Å². The SMILES string of the molecule is COc1cc(OC)c(P(O)CN(Cc2ccccc2)CP(O)c2c(OC)cc(OC)cc2OC)c(OC)c1. The van der Waals surface area contributed by atoms with Crippen molar-refractivity contribution in [2.45, 2.75) is 6.54 Å². The second-order valence-corrected chi connectivity index (χ2v) is 11.2. The van der Waals surface area contributed by atoms with E-state index in [2.05, 4.69) is 0 Å². The Bertz CT molecular complexity index is 1060. The first-order chi connectivity index (χ1) is 18.4. The molecule has 0 radical (unpaired) electrons. The highest BCUT2D eigenvalue weighted by atomic mass is 31.1. The summed E-state index contributed by atoms with van der Waals surface area (Å²) in [5, 5.41) is 1.12. The third-order valence-corrected chi connectivity index (χ3v) is 9.06. The molecule has 0 heterocycles. The van der Waals surface area contributed by atoms with Crippen molar-refractivity contribution in [3.05, 3.63) is 60.2 Å². The van der Waals surface area contributed by atoms with Crippen LogP contribution in [-0.4, -0.2) is 69.9 Å². The van der Waals surface area contributed by atoms with E-state index in [1.165, 1.54) is 28.4 Å². The first kappa shape index (κ1) is 29.8. The number of ether oxygens (including phenoxy) is 6. The van der Waals surface area contributed by atoms with Crippen LogP contribution in [0.25, 0.3) is 0 Å². The van der Waals surface area contributed by atoms with Gasteiger partial charge in [0.1, 0.15) is 34.5 Å². The Balaban J connectivity index is 1.97. The molecule has 0 amide bonds. The fourth-order valence-corrected chi connectivity index (χ4v) is 7.23. The molecule has 0 saturated heterocycles. The van der Waals surface area contributed by atoms with Gasteiger partial charge < -0.3 is 38.2 Å². The first-order valence-corrected chi connectivity index (χ1v) is 14.6. The predicted octanol–water partition coefficient (Wildman–Crippen LogP) is 3.88. The second-order valence-electron chi connectivity index (χ2n) is 8.16. The zero-order valence-corrected chi connectivity index (χ0v) is 24.3. The van der Waals surface area contributed by atoms with E-state index in [0.717, 1.165) is 5.56 Å². The fraction of sp³-hybridized carbons (Fsp3) is 0.333. The lowest BCUT2D eigenvalue weighted by Gasteiger charge is -2.29. The predicted molar refractivity (Wildman–Crippen MR) is 151 cm³/mol. The first-order valence-electron chi connectivity index (χ1n) is 11.7. The lowest BCUT2D eigenvalue weighted by molar-refractivity contribution is 0.347. The van der Waals surface area contributed by atoms with E-state index in [1.807, 2.05) is 35.2 Å². The number of benzene rings is 3. The molecule has 2 atom stereocenters. The van der Waals surface area contributed by atoms with E-state index in [-0.39, 0.29) is 12.6 Å². The number of hydrogen-bond acceptors (Lipinski definition) is 9. The van der Waals surface area contributed by atoms with E-state index >= 15 is 0 Å². The van der Waals surface area contributed by atoms with Crippen molar-refractivity contribution in [3.63, 3.8) is 0 Å². The highest BCUT2D eigenvalue weighted by Gasteiger charge is 2.28. The Morgan fingerprint density at radius 1 is 0.579 bits per heavy atom. The Kier molecular flexibility index (Phi) is 11.3. The molecule has 3 aromatic carbocycles. The molecule has 9 nitrogen and oxygen atoms in total. The minimum atomic E-state index is -1.77. The van der Waals surface area contributed by atoms with Crippen molar-refractivity contribution >= 4 is 26.9 Å². The third kappa shape index (κ3) is 7.19. The van der Waals surface area contributed by atoms with Gasteiger partial charge in [-0.1, -0.05) is 30.3 Å². The van der Waals surface area contributed by atoms with E-state index in [0.29, 0.717) is 51.7 Å². The maximum absolute atomic E-state index is 11.5. The maximum atomic E-state index is 11.5. The molecule has 0 aliphatic carbocycles. The molecule has 206 valence electrons. The Morgan fingerprint density at radius 3 is 1.26 bits per heavy atom. The van der Waals surface area contributed by atoms with Crippen LogP contribution in [0.2, 0.25) is 0 Å². The molecule has 2 N–H and O–H groups in total. The molecule has 0 spiro atoms. The largest absolute Gasteiger partial charge is 0.496 e. The van der Waals surface area contributed by atoms with Crippen LogP contribution >= 0.6 is 16.3 Å². The van der Waals surface area contributed by atoms with Crippen LogP contribution in [0.3, 0.4) is 0 Å². The van der Waals surface area contributed by atoms with Gasteiger partial charge in [0.25, 0.3) is 0 Å². The van der Waals surface area contributed by atoms with Crippen LogP contribution < -0.4 is 39.0 Å². The molecule has 0 aliphatic heterocycles. The highest BCUT2D eigenvalue weighted by molar-refractivity contribution is 7.61. The lowest BCUT2D eigenvalue weighted by atomic mass is 10.2. The van der Waals surface area contributed by atoms with Crippen LogP contribution in [0.5, 0.6) is 34.5 Å². The molecule has 0 bridgehead atoms. The van der Waals surface area contributed by atoms with Crippen LogP contribution in [-0.2, 0) is 6.54 Å². The van der Waals surface area contributed by atoms with Gasteiger partial charge in [-0.05, 0) is 5.56 Å². The zero-order chi connectivity index (χ0) is 27.7. The Hall–Kier alpha value is -2.80. The zero-order valence-electron chi connectivity index (χ0n) is 22.5. The molecular formula is C27H35NO8P2. The quantitative estimate of drug-likeness (QED) is 0.283. The summed E-state index contributed by atoms with van der Waals surface area (Å²) < 4.78 is 33.0. The van der Waals surface area contributed by atoms with Crippen molar-refractivity contribution in [3.8, 4) is 34.5 Å². The molecule has 0 aliphatic rings. The van der Waals surface area contributed by atoms with Crippen molar-refractivity contribution in [2.75, 3.05) is 55.2 Å². The fourth-order valence-electron chi connectivity index (χ4n) is 3.99. The monoisotopic (exact) mass is 563 g/mol. The number of hydrogen-bond donors (Lipinski definition) is 2. The van der Waals surface area contributed by atoms with Crippen LogP contribution in [0.4, 0.5) is 0 Å². The van der Waals surface area contributed by atoms with Gasteiger partial charge in [0.15, 0.2) is 0 Å². The minimum absolute atomic E-state index is 0.253. The normalized spacial score (nSPS) is 12.6. The van der Waals surface area contributed by atoms with Crippen LogP contribution in [0, 0.1) is 0 Å². The van der Waals surface area contributed by atoms with Crippen molar-refractivity contribution < 1.29 is 38.2 Å². The summed E-state index contributed by atoms with van der Waals surface area (Å²) >= 11 is 0. The second kappa shape index (κ2) is 14.4. The van der Waals surface area contributed by atoms with Gasteiger partial charge in [0, 0.05) is 43.4 Å². The Labute approximate surface area is 226 Å². The summed E-state index contributed by atoms with van der Waals surface area (Å²) in [6, 6.07) is 16.8. The van der Waals surface area contributed by atoms with E-state index < -0.39 is 16.3 Å². The molecular weight excluding hydrogens is 528 g/mol. The maximum Gasteiger partial charge on any atom is 0.136 e. The summed E-state index contributed by atoms with van der Waals surface area (Å²) in [6.07, 6.45) is 0.507. The average molecular weight is 564 g/mol. The van der Waals surface area contributed by atoms with Crippen molar-refractivity contribution in [2.24, 2.45) is 0 Å². The van der Waals surface area contributed by atoms with Crippen LogP contribution in [0.15, 0.2) is 54.6 Å². The van der Waals surface area contributed by atoms with Gasteiger partial charge in [0.05, 0.1) is 69.6 Å². The smallest absolute Gasteiger partial charge is 0.136 e. The molecule has 3 rings (SSSR count). The summed E-state index contributed by atoms with van der Waals surface area (Å²) in [4.78, 5) is 25.0. The molecule has 38 heavy (non-hydrogen) atoms. The number of methoxy groups -OCH3 is 6. The molecule has 0 aromatic heterocycles. The molecule has 0 fully saturated rings. The summed E-state index contributed by atoms with van der Waals surface area (Å²) in [5.41, 5.74) is 1.04. The van der Waals surface area contributed by atoms with Crippen molar-refractivity contribution in [1.29, 1.82) is 0 Å². The number of rotatable bonds is 14. The molecule has 2 unspecified atom stereocenters. The topological polar surface area (TPSA) is 99.1 Å². The van der Waals surface area contributed by atoms with Gasteiger partial charge in [-0.2, -0.15) is 0 Å². The molecule has 11 heteroatoms. The van der Waals surface area contributed by atoms with E-state index in [1.54, 1.807) is 38.5 Å². The standard InChI is InChI=1S/C27H35NO8P2/c1-31-20-12-22(33-3)26(23(13-20)34-4)37(29)17-28(16-19-10-8-7-9-11-19)18-38(30)27-24(35-5)14-21(32-2)15-25(27)36-6/h7-15,29-30H,16-18H2,1-6H3.